The van der Waals surface area contributed by atoms with Crippen LogP contribution in [0.1, 0.15) is 25.3 Å². The van der Waals surface area contributed by atoms with Gasteiger partial charge >= 0.3 is 0 Å². The van der Waals surface area contributed by atoms with Gasteiger partial charge in [0.05, 0.1) is 11.4 Å². The second kappa shape index (κ2) is 8.32. The zero-order valence-electron chi connectivity index (χ0n) is 17.7. The van der Waals surface area contributed by atoms with Crippen molar-refractivity contribution in [2.45, 2.75) is 19.8 Å². The van der Waals surface area contributed by atoms with Gasteiger partial charge in [0.1, 0.15) is 0 Å². The lowest BCUT2D eigenvalue weighted by Gasteiger charge is -2.15. The van der Waals surface area contributed by atoms with E-state index in [2.05, 4.69) is 67.8 Å². The molecule has 0 saturated carbocycles. The molecule has 4 aromatic rings. The number of allylic oxidation sites excluding steroid dienone is 3. The van der Waals surface area contributed by atoms with Crippen LogP contribution in [0.4, 0.5) is 0 Å². The van der Waals surface area contributed by atoms with Gasteiger partial charge in [0.2, 0.25) is 0 Å². The molecule has 6 heteroatoms. The van der Waals surface area contributed by atoms with Crippen LogP contribution in [0.25, 0.3) is 38.9 Å². The first-order valence-corrected chi connectivity index (χ1v) is 10.7. The highest BCUT2D eigenvalue weighted by molar-refractivity contribution is 5.95. The Kier molecular flexibility index (Phi) is 5.22. The van der Waals surface area contributed by atoms with Crippen molar-refractivity contribution in [1.29, 1.82) is 0 Å². The second-order valence-electron chi connectivity index (χ2n) is 7.99. The SMILES string of the molecule is C=C/C(=C\C(=C/C)c1cnc2n[nH]c(-c3cc4cnccc4[nH]3)c2c1)CN1CCCC1. The Hall–Kier alpha value is -3.51. The third kappa shape index (κ3) is 3.82. The van der Waals surface area contributed by atoms with E-state index in [4.69, 9.17) is 0 Å². The van der Waals surface area contributed by atoms with Crippen LogP contribution in [0.2, 0.25) is 0 Å². The van der Waals surface area contributed by atoms with E-state index in [-0.39, 0.29) is 0 Å². The lowest BCUT2D eigenvalue weighted by atomic mass is 10.0. The summed E-state index contributed by atoms with van der Waals surface area (Å²) in [6.45, 7) is 9.38. The minimum Gasteiger partial charge on any atom is -0.353 e. The van der Waals surface area contributed by atoms with Crippen molar-refractivity contribution in [3.05, 3.63) is 72.7 Å². The first kappa shape index (κ1) is 19.5. The van der Waals surface area contributed by atoms with Crippen LogP contribution in [0.15, 0.2) is 67.2 Å². The Balaban J connectivity index is 1.51. The highest BCUT2D eigenvalue weighted by Gasteiger charge is 2.14. The molecule has 4 aromatic heterocycles. The Bertz CT molecular complexity index is 1270. The van der Waals surface area contributed by atoms with Crippen LogP contribution in [-0.4, -0.2) is 49.7 Å². The normalized spacial score (nSPS) is 15.9. The smallest absolute Gasteiger partial charge is 0.181 e. The molecule has 0 unspecified atom stereocenters. The second-order valence-corrected chi connectivity index (χ2v) is 7.99. The predicted octanol–water partition coefficient (Wildman–Crippen LogP) is 5.11. The number of aromatic amines is 2. The maximum absolute atomic E-state index is 4.61. The van der Waals surface area contributed by atoms with Gasteiger partial charge in [-0.15, -0.1) is 0 Å². The number of rotatable bonds is 6. The molecule has 0 aromatic carbocycles. The summed E-state index contributed by atoms with van der Waals surface area (Å²) in [5.41, 5.74) is 7.09. The first-order chi connectivity index (χ1) is 15.2. The largest absolute Gasteiger partial charge is 0.353 e. The Morgan fingerprint density at radius 2 is 2.10 bits per heavy atom. The van der Waals surface area contributed by atoms with Gasteiger partial charge < -0.3 is 4.98 Å². The molecule has 6 nitrogen and oxygen atoms in total. The molecule has 31 heavy (non-hydrogen) atoms. The van der Waals surface area contributed by atoms with Gasteiger partial charge in [0.15, 0.2) is 5.65 Å². The summed E-state index contributed by atoms with van der Waals surface area (Å²) < 4.78 is 0. The minimum atomic E-state index is 0.705. The van der Waals surface area contributed by atoms with Crippen molar-refractivity contribution in [3.63, 3.8) is 0 Å². The number of hydrogen-bond acceptors (Lipinski definition) is 4. The molecule has 0 atom stereocenters. The third-order valence-corrected chi connectivity index (χ3v) is 5.95. The van der Waals surface area contributed by atoms with Gasteiger partial charge in [-0.2, -0.15) is 5.10 Å². The van der Waals surface area contributed by atoms with Crippen LogP contribution in [0, 0.1) is 0 Å². The summed E-state index contributed by atoms with van der Waals surface area (Å²) in [5.74, 6) is 0. The van der Waals surface area contributed by atoms with Gasteiger partial charge in [-0.3, -0.25) is 15.0 Å². The number of nitrogens with zero attached hydrogens (tertiary/aromatic N) is 4. The molecule has 0 aliphatic carbocycles. The molecule has 0 amide bonds. The standard InChI is InChI=1S/C25H26N6/c1-3-17(16-31-9-5-6-10-31)11-18(4-2)19-12-21-24(29-30-25(21)27-15-19)23-13-20-14-26-8-7-22(20)28-23/h3-4,7-8,11-15,28H,1,5-6,9-10,16H2,2H3,(H,27,29,30)/b17-11+,18-4+. The molecule has 1 saturated heterocycles. The number of H-pyrrole nitrogens is 2. The topological polar surface area (TPSA) is 73.5 Å². The van der Waals surface area contributed by atoms with Crippen LogP contribution >= 0.6 is 0 Å². The molecule has 5 heterocycles. The maximum Gasteiger partial charge on any atom is 0.181 e. The van der Waals surface area contributed by atoms with Crippen molar-refractivity contribution in [2.24, 2.45) is 0 Å². The van der Waals surface area contributed by atoms with E-state index in [1.165, 1.54) is 31.5 Å². The van der Waals surface area contributed by atoms with Gasteiger partial charge in [-0.05, 0) is 62.2 Å². The number of hydrogen-bond donors (Lipinski definition) is 2. The summed E-state index contributed by atoms with van der Waals surface area (Å²) in [4.78, 5) is 14.8. The molecule has 1 aliphatic rings. The predicted molar refractivity (Wildman–Crippen MR) is 127 cm³/mol. The van der Waals surface area contributed by atoms with Gasteiger partial charge in [0, 0.05) is 47.0 Å². The van der Waals surface area contributed by atoms with Crippen molar-refractivity contribution < 1.29 is 0 Å². The molecule has 1 aliphatic heterocycles. The molecular weight excluding hydrogens is 384 g/mol. The van der Waals surface area contributed by atoms with Crippen LogP contribution in [0.5, 0.6) is 0 Å². The highest BCUT2D eigenvalue weighted by atomic mass is 15.2. The zero-order chi connectivity index (χ0) is 21.2. The summed E-state index contributed by atoms with van der Waals surface area (Å²) in [7, 11) is 0. The average molecular weight is 411 g/mol. The lowest BCUT2D eigenvalue weighted by molar-refractivity contribution is 0.371. The number of likely N-dealkylation sites (tertiary alicyclic amines) is 1. The number of fused-ring (bicyclic) bond motifs is 2. The fraction of sp³-hybridized carbons (Fsp3) is 0.240. The average Bonchev–Trinajstić information content (AvgIpc) is 3.55. The van der Waals surface area contributed by atoms with E-state index in [0.717, 1.165) is 45.4 Å². The first-order valence-electron chi connectivity index (χ1n) is 10.7. The molecule has 0 radical (unpaired) electrons. The van der Waals surface area contributed by atoms with E-state index in [0.29, 0.717) is 5.65 Å². The van der Waals surface area contributed by atoms with E-state index in [9.17, 15) is 0 Å². The summed E-state index contributed by atoms with van der Waals surface area (Å²) in [6.07, 6.45) is 14.4. The summed E-state index contributed by atoms with van der Waals surface area (Å²) in [5, 5.41) is 9.62. The number of nitrogens with one attached hydrogen (secondary N) is 2. The molecular formula is C25H26N6. The monoisotopic (exact) mass is 410 g/mol. The van der Waals surface area contributed by atoms with E-state index < -0.39 is 0 Å². The Morgan fingerprint density at radius 3 is 2.87 bits per heavy atom. The fourth-order valence-electron chi connectivity index (χ4n) is 4.27. The van der Waals surface area contributed by atoms with Crippen molar-refractivity contribution in [3.8, 4) is 11.4 Å². The quantitative estimate of drug-likeness (QED) is 0.433. The Morgan fingerprint density at radius 1 is 1.23 bits per heavy atom. The highest BCUT2D eigenvalue weighted by Crippen LogP contribution is 2.30. The Labute approximate surface area is 181 Å². The number of aromatic nitrogens is 5. The number of pyridine rings is 2. The molecule has 1 fully saturated rings. The van der Waals surface area contributed by atoms with Gasteiger partial charge in [-0.1, -0.05) is 24.8 Å². The van der Waals surface area contributed by atoms with Crippen LogP contribution in [0.3, 0.4) is 0 Å². The van der Waals surface area contributed by atoms with E-state index in [1.54, 1.807) is 6.20 Å². The summed E-state index contributed by atoms with van der Waals surface area (Å²) in [6, 6.07) is 6.22. The fourth-order valence-corrected chi connectivity index (χ4v) is 4.27. The molecule has 156 valence electrons. The lowest BCUT2D eigenvalue weighted by Crippen LogP contribution is -2.21. The maximum atomic E-state index is 4.61. The van der Waals surface area contributed by atoms with Crippen LogP contribution in [-0.2, 0) is 0 Å². The molecule has 2 N–H and O–H groups in total. The molecule has 5 rings (SSSR count). The summed E-state index contributed by atoms with van der Waals surface area (Å²) >= 11 is 0. The van der Waals surface area contributed by atoms with Crippen molar-refractivity contribution in [1.82, 2.24) is 30.0 Å². The minimum absolute atomic E-state index is 0.705. The van der Waals surface area contributed by atoms with E-state index >= 15 is 0 Å². The van der Waals surface area contributed by atoms with Crippen molar-refractivity contribution in [2.75, 3.05) is 19.6 Å². The van der Waals surface area contributed by atoms with Crippen molar-refractivity contribution >= 4 is 27.5 Å². The van der Waals surface area contributed by atoms with Gasteiger partial charge in [-0.25, -0.2) is 4.98 Å². The zero-order valence-corrected chi connectivity index (χ0v) is 17.7. The van der Waals surface area contributed by atoms with Gasteiger partial charge in [0.25, 0.3) is 0 Å². The molecule has 0 spiro atoms. The van der Waals surface area contributed by atoms with Crippen LogP contribution < -0.4 is 0 Å². The molecule has 0 bridgehead atoms. The van der Waals surface area contributed by atoms with E-state index in [1.807, 2.05) is 24.5 Å². The third-order valence-electron chi connectivity index (χ3n) is 5.95.